The topological polar surface area (TPSA) is 34.1 Å². The van der Waals surface area contributed by atoms with Gasteiger partial charge < -0.3 is 0 Å². The van der Waals surface area contributed by atoms with E-state index in [4.69, 9.17) is 0 Å². The second-order valence-electron chi connectivity index (χ2n) is 3.67. The smallest absolute Gasteiger partial charge is 0.195 e. The lowest BCUT2D eigenvalue weighted by Gasteiger charge is -2.16. The minimum atomic E-state index is -4.23. The molecule has 2 saturated carbocycles. The van der Waals surface area contributed by atoms with E-state index in [0.717, 1.165) is 18.8 Å². The van der Waals surface area contributed by atoms with E-state index in [0.29, 0.717) is 18.8 Å². The SMILES string of the molecule is O=S(=O)(F)C1CCC2CC2C1. The van der Waals surface area contributed by atoms with Gasteiger partial charge in [0.15, 0.2) is 0 Å². The van der Waals surface area contributed by atoms with Gasteiger partial charge in [0.05, 0.1) is 5.25 Å². The van der Waals surface area contributed by atoms with Crippen molar-refractivity contribution in [1.82, 2.24) is 0 Å². The molecular weight excluding hydrogens is 167 g/mol. The van der Waals surface area contributed by atoms with Crippen LogP contribution in [0.1, 0.15) is 25.7 Å². The first kappa shape index (κ1) is 7.53. The van der Waals surface area contributed by atoms with E-state index in [1.807, 2.05) is 0 Å². The summed E-state index contributed by atoms with van der Waals surface area (Å²) in [5.74, 6) is 1.26. The highest BCUT2D eigenvalue weighted by Crippen LogP contribution is 2.50. The summed E-state index contributed by atoms with van der Waals surface area (Å²) in [5.41, 5.74) is 0. The van der Waals surface area contributed by atoms with Crippen molar-refractivity contribution in [2.75, 3.05) is 0 Å². The molecule has 0 aromatic rings. The minimum Gasteiger partial charge on any atom is -0.195 e. The van der Waals surface area contributed by atoms with Crippen molar-refractivity contribution in [2.24, 2.45) is 11.8 Å². The Morgan fingerprint density at radius 2 is 1.82 bits per heavy atom. The summed E-state index contributed by atoms with van der Waals surface area (Å²) in [7, 11) is -4.23. The molecule has 0 bridgehead atoms. The maximum Gasteiger partial charge on any atom is 0.305 e. The van der Waals surface area contributed by atoms with E-state index < -0.39 is 15.5 Å². The molecule has 0 N–H and O–H groups in total. The maximum atomic E-state index is 12.4. The molecule has 0 spiro atoms. The van der Waals surface area contributed by atoms with Crippen LogP contribution in [-0.4, -0.2) is 13.7 Å². The molecule has 3 unspecified atom stereocenters. The standard InChI is InChI=1S/C7H11FO2S/c8-11(9,10)7-2-1-5-3-6(5)4-7/h5-7H,1-4H2. The van der Waals surface area contributed by atoms with Crippen LogP contribution in [-0.2, 0) is 10.2 Å². The minimum absolute atomic E-state index is 0.527. The molecule has 0 heterocycles. The summed E-state index contributed by atoms with van der Waals surface area (Å²) in [6, 6.07) is 0. The van der Waals surface area contributed by atoms with E-state index in [-0.39, 0.29) is 0 Å². The van der Waals surface area contributed by atoms with E-state index >= 15 is 0 Å². The van der Waals surface area contributed by atoms with Crippen molar-refractivity contribution in [3.8, 4) is 0 Å². The molecule has 2 rings (SSSR count). The predicted molar refractivity (Wildman–Crippen MR) is 39.3 cm³/mol. The maximum absolute atomic E-state index is 12.4. The molecule has 64 valence electrons. The van der Waals surface area contributed by atoms with Gasteiger partial charge in [0, 0.05) is 0 Å². The zero-order valence-electron chi connectivity index (χ0n) is 6.16. The summed E-state index contributed by atoms with van der Waals surface area (Å²) in [6.45, 7) is 0. The average molecular weight is 178 g/mol. The van der Waals surface area contributed by atoms with Crippen LogP contribution in [0.2, 0.25) is 0 Å². The second-order valence-corrected chi connectivity index (χ2v) is 5.28. The van der Waals surface area contributed by atoms with Gasteiger partial charge in [-0.1, -0.05) is 0 Å². The highest BCUT2D eigenvalue weighted by Gasteiger charge is 2.45. The lowest BCUT2D eigenvalue weighted by molar-refractivity contribution is 0.447. The van der Waals surface area contributed by atoms with Crippen LogP contribution in [0, 0.1) is 11.8 Å². The highest BCUT2D eigenvalue weighted by molar-refractivity contribution is 7.87. The van der Waals surface area contributed by atoms with Crippen molar-refractivity contribution >= 4 is 10.2 Å². The quantitative estimate of drug-likeness (QED) is 0.570. The molecule has 0 radical (unpaired) electrons. The average Bonchev–Trinajstić information content (AvgIpc) is 2.60. The van der Waals surface area contributed by atoms with Crippen molar-refractivity contribution in [3.63, 3.8) is 0 Å². The van der Waals surface area contributed by atoms with Crippen LogP contribution >= 0.6 is 0 Å². The first-order chi connectivity index (χ1) is 5.07. The third-order valence-corrected chi connectivity index (χ3v) is 4.12. The van der Waals surface area contributed by atoms with Gasteiger partial charge in [-0.05, 0) is 37.5 Å². The zero-order chi connectivity index (χ0) is 8.06. The van der Waals surface area contributed by atoms with Crippen molar-refractivity contribution in [3.05, 3.63) is 0 Å². The van der Waals surface area contributed by atoms with E-state index in [1.165, 1.54) is 0 Å². The summed E-state index contributed by atoms with van der Waals surface area (Å²) < 4.78 is 33.4. The molecular formula is C7H11FO2S. The van der Waals surface area contributed by atoms with Crippen LogP contribution in [0.15, 0.2) is 0 Å². The van der Waals surface area contributed by atoms with Gasteiger partial charge in [-0.3, -0.25) is 0 Å². The van der Waals surface area contributed by atoms with Crippen LogP contribution in [0.3, 0.4) is 0 Å². The molecule has 2 fully saturated rings. The lowest BCUT2D eigenvalue weighted by Crippen LogP contribution is -2.21. The molecule has 0 amide bonds. The van der Waals surface area contributed by atoms with Crippen LogP contribution in [0.25, 0.3) is 0 Å². The van der Waals surface area contributed by atoms with Crippen molar-refractivity contribution in [2.45, 2.75) is 30.9 Å². The first-order valence-electron chi connectivity index (χ1n) is 4.01. The molecule has 4 heteroatoms. The molecule has 2 nitrogen and oxygen atoms in total. The highest BCUT2D eigenvalue weighted by atomic mass is 32.3. The Balaban J connectivity index is 2.06. The van der Waals surface area contributed by atoms with Gasteiger partial charge in [-0.2, -0.15) is 8.42 Å². The fraction of sp³-hybridized carbons (Fsp3) is 1.00. The van der Waals surface area contributed by atoms with Gasteiger partial charge in [0.25, 0.3) is 0 Å². The number of rotatable bonds is 1. The third-order valence-electron chi connectivity index (χ3n) is 2.89. The molecule has 3 atom stereocenters. The van der Waals surface area contributed by atoms with Gasteiger partial charge >= 0.3 is 10.2 Å². The Labute approximate surface area is 66.0 Å². The molecule has 2 aliphatic carbocycles. The number of halogens is 1. The second kappa shape index (κ2) is 2.19. The monoisotopic (exact) mass is 178 g/mol. The van der Waals surface area contributed by atoms with Gasteiger partial charge in [0.1, 0.15) is 0 Å². The largest absolute Gasteiger partial charge is 0.305 e. The molecule has 11 heavy (non-hydrogen) atoms. The van der Waals surface area contributed by atoms with E-state index in [1.54, 1.807) is 0 Å². The normalized spacial score (nSPS) is 43.2. The Morgan fingerprint density at radius 3 is 2.36 bits per heavy atom. The molecule has 0 aromatic carbocycles. The number of fused-ring (bicyclic) bond motifs is 1. The lowest BCUT2D eigenvalue weighted by atomic mass is 10.0. The Morgan fingerprint density at radius 1 is 1.09 bits per heavy atom. The Kier molecular flexibility index (Phi) is 1.50. The fourth-order valence-corrected chi connectivity index (χ4v) is 2.96. The molecule has 0 aromatic heterocycles. The third kappa shape index (κ3) is 1.41. The predicted octanol–water partition coefficient (Wildman–Crippen LogP) is 1.47. The van der Waals surface area contributed by atoms with Crippen molar-refractivity contribution < 1.29 is 12.3 Å². The fourth-order valence-electron chi connectivity index (χ4n) is 2.06. The summed E-state index contributed by atoms with van der Waals surface area (Å²) >= 11 is 0. The molecule has 2 aliphatic rings. The van der Waals surface area contributed by atoms with Gasteiger partial charge in [-0.25, -0.2) is 0 Å². The van der Waals surface area contributed by atoms with Gasteiger partial charge in [-0.15, -0.1) is 3.89 Å². The summed E-state index contributed by atoms with van der Waals surface area (Å²) in [5, 5.41) is -0.675. The summed E-state index contributed by atoms with van der Waals surface area (Å²) in [6.07, 6.45) is 3.16. The van der Waals surface area contributed by atoms with Crippen LogP contribution in [0.4, 0.5) is 3.89 Å². The van der Waals surface area contributed by atoms with Crippen molar-refractivity contribution in [1.29, 1.82) is 0 Å². The van der Waals surface area contributed by atoms with Crippen LogP contribution in [0.5, 0.6) is 0 Å². The summed E-state index contributed by atoms with van der Waals surface area (Å²) in [4.78, 5) is 0. The Hall–Kier alpha value is -0.120. The first-order valence-corrected chi connectivity index (χ1v) is 5.45. The van der Waals surface area contributed by atoms with Gasteiger partial charge in [0.2, 0.25) is 0 Å². The van der Waals surface area contributed by atoms with E-state index in [2.05, 4.69) is 0 Å². The number of hydrogen-bond donors (Lipinski definition) is 0. The molecule has 0 saturated heterocycles. The van der Waals surface area contributed by atoms with Crippen LogP contribution < -0.4 is 0 Å². The molecule has 0 aliphatic heterocycles. The van der Waals surface area contributed by atoms with E-state index in [9.17, 15) is 12.3 Å². The Bertz CT molecular complexity index is 260. The zero-order valence-corrected chi connectivity index (χ0v) is 6.98. The number of hydrogen-bond acceptors (Lipinski definition) is 2.